The number of carbonyl (C=O) groups is 1. The molecule has 2 aromatic carbocycles. The number of carboxylic acid groups (broad SMARTS) is 1. The first-order chi connectivity index (χ1) is 8.75. The van der Waals surface area contributed by atoms with E-state index in [1.807, 2.05) is 42.5 Å². The van der Waals surface area contributed by atoms with Crippen LogP contribution in [-0.2, 0) is 4.79 Å². The highest BCUT2D eigenvalue weighted by Crippen LogP contribution is 2.34. The van der Waals surface area contributed by atoms with E-state index in [0.29, 0.717) is 0 Å². The Morgan fingerprint density at radius 3 is 2.72 bits per heavy atom. The van der Waals surface area contributed by atoms with Gasteiger partial charge in [-0.1, -0.05) is 30.3 Å². The van der Waals surface area contributed by atoms with Crippen LogP contribution in [0.25, 0.3) is 21.9 Å². The van der Waals surface area contributed by atoms with Gasteiger partial charge in [0, 0.05) is 10.8 Å². The number of fused-ring (bicyclic) bond motifs is 3. The number of carboxylic acids is 1. The first-order valence-corrected chi connectivity index (χ1v) is 6.49. The van der Waals surface area contributed by atoms with Crippen LogP contribution in [0.5, 0.6) is 0 Å². The maximum absolute atomic E-state index is 10.6. The van der Waals surface area contributed by atoms with Crippen LogP contribution in [0.1, 0.15) is 0 Å². The summed E-state index contributed by atoms with van der Waals surface area (Å²) in [6, 6.07) is 13.6. The van der Waals surface area contributed by atoms with E-state index in [1.165, 1.54) is 11.8 Å². The second-order valence-corrected chi connectivity index (χ2v) is 4.93. The van der Waals surface area contributed by atoms with Gasteiger partial charge >= 0.3 is 5.97 Å². The number of hydrogen-bond acceptors (Lipinski definition) is 3. The monoisotopic (exact) mass is 258 g/mol. The number of hydrogen-bond donors (Lipinski definition) is 1. The maximum Gasteiger partial charge on any atom is 0.313 e. The van der Waals surface area contributed by atoms with Crippen molar-refractivity contribution < 1.29 is 14.3 Å². The van der Waals surface area contributed by atoms with E-state index in [-0.39, 0.29) is 5.75 Å². The molecule has 4 heteroatoms. The van der Waals surface area contributed by atoms with Gasteiger partial charge in [0.2, 0.25) is 0 Å². The molecule has 0 saturated heterocycles. The molecule has 0 atom stereocenters. The molecule has 0 saturated carbocycles. The molecule has 1 heterocycles. The number of aliphatic carboxylic acids is 1. The van der Waals surface area contributed by atoms with Crippen molar-refractivity contribution in [1.29, 1.82) is 0 Å². The number of rotatable bonds is 3. The fraction of sp³-hybridized carbons (Fsp3) is 0.0714. The Hall–Kier alpha value is -1.94. The van der Waals surface area contributed by atoms with Crippen molar-refractivity contribution in [3.63, 3.8) is 0 Å². The third kappa shape index (κ3) is 1.84. The lowest BCUT2D eigenvalue weighted by atomic mass is 10.1. The molecule has 0 aliphatic rings. The number of thioether (sulfide) groups is 1. The topological polar surface area (TPSA) is 50.4 Å². The molecule has 90 valence electrons. The average Bonchev–Trinajstić information content (AvgIpc) is 2.75. The summed E-state index contributed by atoms with van der Waals surface area (Å²) >= 11 is 1.28. The third-order valence-corrected chi connectivity index (χ3v) is 3.74. The molecule has 0 aliphatic carbocycles. The Bertz CT molecular complexity index is 730. The zero-order valence-corrected chi connectivity index (χ0v) is 10.2. The van der Waals surface area contributed by atoms with E-state index >= 15 is 0 Å². The highest BCUT2D eigenvalue weighted by molar-refractivity contribution is 8.00. The molecule has 18 heavy (non-hydrogen) atoms. The molecule has 3 rings (SSSR count). The van der Waals surface area contributed by atoms with Crippen LogP contribution in [0.15, 0.2) is 51.8 Å². The summed E-state index contributed by atoms with van der Waals surface area (Å²) in [5, 5.41) is 10.8. The Morgan fingerprint density at radius 2 is 1.89 bits per heavy atom. The van der Waals surface area contributed by atoms with Crippen LogP contribution in [0.2, 0.25) is 0 Å². The Balaban J connectivity index is 2.18. The Kier molecular flexibility index (Phi) is 2.72. The summed E-state index contributed by atoms with van der Waals surface area (Å²) < 4.78 is 5.80. The first-order valence-electron chi connectivity index (χ1n) is 5.50. The molecule has 1 aromatic heterocycles. The van der Waals surface area contributed by atoms with Crippen molar-refractivity contribution in [1.82, 2.24) is 0 Å². The SMILES string of the molecule is O=C(O)CSc1cccc2c1oc1ccccc12. The van der Waals surface area contributed by atoms with Gasteiger partial charge in [-0.15, -0.1) is 11.8 Å². The van der Waals surface area contributed by atoms with Crippen molar-refractivity contribution in [3.8, 4) is 0 Å². The fourth-order valence-corrected chi connectivity index (χ4v) is 2.71. The number of benzene rings is 2. The molecule has 1 N–H and O–H groups in total. The van der Waals surface area contributed by atoms with Gasteiger partial charge in [-0.2, -0.15) is 0 Å². The lowest BCUT2D eigenvalue weighted by Crippen LogP contribution is -1.97. The van der Waals surface area contributed by atoms with Crippen molar-refractivity contribution in [2.45, 2.75) is 4.90 Å². The van der Waals surface area contributed by atoms with Gasteiger partial charge in [0.15, 0.2) is 0 Å². The maximum atomic E-state index is 10.6. The summed E-state index contributed by atoms with van der Waals surface area (Å²) in [4.78, 5) is 11.5. The molecule has 0 aliphatic heterocycles. The van der Waals surface area contributed by atoms with Crippen molar-refractivity contribution in [2.24, 2.45) is 0 Å². The third-order valence-electron chi connectivity index (χ3n) is 2.72. The minimum absolute atomic E-state index is 0.0379. The molecule has 0 unspecified atom stereocenters. The van der Waals surface area contributed by atoms with Gasteiger partial charge < -0.3 is 9.52 Å². The quantitative estimate of drug-likeness (QED) is 0.727. The zero-order chi connectivity index (χ0) is 12.5. The molecular formula is C14H10O3S. The van der Waals surface area contributed by atoms with Gasteiger partial charge in [-0.05, 0) is 12.1 Å². The minimum Gasteiger partial charge on any atom is -0.481 e. The van der Waals surface area contributed by atoms with Gasteiger partial charge in [0.25, 0.3) is 0 Å². The zero-order valence-electron chi connectivity index (χ0n) is 9.42. The summed E-state index contributed by atoms with van der Waals surface area (Å²) in [7, 11) is 0. The second kappa shape index (κ2) is 4.38. The first kappa shape index (κ1) is 11.2. The standard InChI is InChI=1S/C14H10O3S/c15-13(16)8-18-12-7-3-5-10-9-4-1-2-6-11(9)17-14(10)12/h1-7H,8H2,(H,15,16). The number of para-hydroxylation sites is 2. The van der Waals surface area contributed by atoms with Crippen LogP contribution in [0, 0.1) is 0 Å². The molecule has 0 bridgehead atoms. The average molecular weight is 258 g/mol. The molecule has 0 amide bonds. The van der Waals surface area contributed by atoms with E-state index in [0.717, 1.165) is 26.8 Å². The summed E-state index contributed by atoms with van der Waals surface area (Å²) in [5.74, 6) is -0.788. The van der Waals surface area contributed by atoms with E-state index in [9.17, 15) is 4.79 Å². The van der Waals surface area contributed by atoms with E-state index < -0.39 is 5.97 Å². The van der Waals surface area contributed by atoms with E-state index in [2.05, 4.69) is 0 Å². The predicted octanol–water partition coefficient (Wildman–Crippen LogP) is 3.76. The Labute approximate surface area is 107 Å². The highest BCUT2D eigenvalue weighted by atomic mass is 32.2. The van der Waals surface area contributed by atoms with Crippen molar-refractivity contribution in [3.05, 3.63) is 42.5 Å². The summed E-state index contributed by atoms with van der Waals surface area (Å²) in [6.45, 7) is 0. The smallest absolute Gasteiger partial charge is 0.313 e. The highest BCUT2D eigenvalue weighted by Gasteiger charge is 2.11. The molecule has 3 aromatic rings. The van der Waals surface area contributed by atoms with Gasteiger partial charge in [-0.3, -0.25) is 4.79 Å². The Morgan fingerprint density at radius 1 is 1.11 bits per heavy atom. The van der Waals surface area contributed by atoms with Crippen LogP contribution < -0.4 is 0 Å². The van der Waals surface area contributed by atoms with Crippen LogP contribution >= 0.6 is 11.8 Å². The largest absolute Gasteiger partial charge is 0.481 e. The second-order valence-electron chi connectivity index (χ2n) is 3.91. The summed E-state index contributed by atoms with van der Waals surface area (Å²) in [6.07, 6.45) is 0. The van der Waals surface area contributed by atoms with Crippen LogP contribution in [-0.4, -0.2) is 16.8 Å². The lowest BCUT2D eigenvalue weighted by molar-refractivity contribution is -0.133. The van der Waals surface area contributed by atoms with Gasteiger partial charge in [0.05, 0.1) is 10.6 Å². The fourth-order valence-electron chi connectivity index (χ4n) is 1.97. The van der Waals surface area contributed by atoms with Gasteiger partial charge in [-0.25, -0.2) is 0 Å². The van der Waals surface area contributed by atoms with Crippen molar-refractivity contribution in [2.75, 3.05) is 5.75 Å². The molecular weight excluding hydrogens is 248 g/mol. The molecule has 0 spiro atoms. The van der Waals surface area contributed by atoms with E-state index in [1.54, 1.807) is 0 Å². The van der Waals surface area contributed by atoms with Gasteiger partial charge in [0.1, 0.15) is 11.2 Å². The molecule has 3 nitrogen and oxygen atoms in total. The minimum atomic E-state index is -0.826. The predicted molar refractivity (Wildman–Crippen MR) is 72.1 cm³/mol. The number of furan rings is 1. The molecule has 0 fully saturated rings. The normalized spacial score (nSPS) is 11.1. The van der Waals surface area contributed by atoms with Crippen molar-refractivity contribution >= 4 is 39.7 Å². The van der Waals surface area contributed by atoms with E-state index in [4.69, 9.17) is 9.52 Å². The molecule has 0 radical (unpaired) electrons. The summed E-state index contributed by atoms with van der Waals surface area (Å²) in [5.41, 5.74) is 1.60. The van der Waals surface area contributed by atoms with Crippen LogP contribution in [0.3, 0.4) is 0 Å². The lowest BCUT2D eigenvalue weighted by Gasteiger charge is -1.98. The van der Waals surface area contributed by atoms with Crippen LogP contribution in [0.4, 0.5) is 0 Å².